The number of carbonyl (C=O) groups excluding carboxylic acids is 1. The summed E-state index contributed by atoms with van der Waals surface area (Å²) < 4.78 is 36.5. The summed E-state index contributed by atoms with van der Waals surface area (Å²) in [6, 6.07) is 13.9. The molecule has 0 saturated carbocycles. The van der Waals surface area contributed by atoms with Crippen molar-refractivity contribution in [2.24, 2.45) is 0 Å². The van der Waals surface area contributed by atoms with E-state index in [1.54, 1.807) is 12.1 Å². The zero-order chi connectivity index (χ0) is 21.0. The van der Waals surface area contributed by atoms with Crippen LogP contribution >= 0.6 is 0 Å². The van der Waals surface area contributed by atoms with Gasteiger partial charge in [-0.2, -0.15) is 4.31 Å². The molecule has 0 spiro atoms. The van der Waals surface area contributed by atoms with Crippen molar-refractivity contribution in [1.82, 2.24) is 14.5 Å². The predicted molar refractivity (Wildman–Crippen MR) is 105 cm³/mol. The first kappa shape index (κ1) is 20.7. The molecule has 0 saturated heterocycles. The molecular formula is C20H21N3O5S. The zero-order valence-corrected chi connectivity index (χ0v) is 17.1. The van der Waals surface area contributed by atoms with Crippen LogP contribution in [0.25, 0.3) is 11.5 Å². The van der Waals surface area contributed by atoms with Crippen LogP contribution in [-0.2, 0) is 26.2 Å². The van der Waals surface area contributed by atoms with Gasteiger partial charge in [-0.3, -0.25) is 4.79 Å². The lowest BCUT2D eigenvalue weighted by atomic mass is 10.1. The maximum Gasteiger partial charge on any atom is 0.321 e. The average Bonchev–Trinajstić information content (AvgIpc) is 3.16. The van der Waals surface area contributed by atoms with Crippen molar-refractivity contribution < 1.29 is 22.4 Å². The summed E-state index contributed by atoms with van der Waals surface area (Å²) in [4.78, 5) is 12.2. The third-order valence-electron chi connectivity index (χ3n) is 4.17. The van der Waals surface area contributed by atoms with Crippen LogP contribution in [0, 0.1) is 13.8 Å². The summed E-state index contributed by atoms with van der Waals surface area (Å²) in [5.74, 6) is -0.281. The van der Waals surface area contributed by atoms with Crippen LogP contribution in [0.1, 0.15) is 17.0 Å². The van der Waals surface area contributed by atoms with E-state index in [0.717, 1.165) is 21.0 Å². The first-order chi connectivity index (χ1) is 13.8. The lowest BCUT2D eigenvalue weighted by Gasteiger charge is -2.16. The van der Waals surface area contributed by atoms with Crippen LogP contribution in [0.4, 0.5) is 0 Å². The molecule has 0 amide bonds. The molecule has 0 aliphatic carbocycles. The average molecular weight is 415 g/mol. The van der Waals surface area contributed by atoms with Gasteiger partial charge in [-0.15, -0.1) is 10.2 Å². The third kappa shape index (κ3) is 5.07. The van der Waals surface area contributed by atoms with E-state index in [1.807, 2.05) is 38.1 Å². The number of aromatic nitrogens is 2. The fourth-order valence-electron chi connectivity index (χ4n) is 2.55. The monoisotopic (exact) mass is 415 g/mol. The normalized spacial score (nSPS) is 11.6. The van der Waals surface area contributed by atoms with Gasteiger partial charge in [0.2, 0.25) is 15.9 Å². The van der Waals surface area contributed by atoms with Gasteiger partial charge in [0.1, 0.15) is 6.54 Å². The van der Waals surface area contributed by atoms with Gasteiger partial charge < -0.3 is 9.15 Å². The van der Waals surface area contributed by atoms with Gasteiger partial charge in [0.05, 0.1) is 4.90 Å². The molecule has 0 bridgehead atoms. The van der Waals surface area contributed by atoms with Crippen molar-refractivity contribution in [3.05, 3.63) is 65.5 Å². The lowest BCUT2D eigenvalue weighted by molar-refractivity contribution is -0.145. The molecule has 0 radical (unpaired) electrons. The number of nitrogens with zero attached hydrogens (tertiary/aromatic N) is 3. The van der Waals surface area contributed by atoms with Crippen molar-refractivity contribution in [2.75, 3.05) is 13.6 Å². The van der Waals surface area contributed by atoms with Gasteiger partial charge in [0, 0.05) is 12.6 Å². The molecule has 2 aromatic carbocycles. The standard InChI is InChI=1S/C20H21N3O5S/c1-14-7-9-17(10-8-14)29(25,26)23(3)12-19(24)27-13-18-21-22-20(28-18)16-6-4-5-15(2)11-16/h4-11H,12-13H2,1-3H3. The summed E-state index contributed by atoms with van der Waals surface area (Å²) in [5, 5.41) is 7.79. The number of ether oxygens (including phenoxy) is 1. The number of rotatable bonds is 7. The molecule has 0 atom stereocenters. The Labute approximate surface area is 169 Å². The minimum Gasteiger partial charge on any atom is -0.455 e. The molecule has 1 aromatic heterocycles. The Morgan fingerprint density at radius 2 is 1.79 bits per heavy atom. The third-order valence-corrected chi connectivity index (χ3v) is 5.99. The van der Waals surface area contributed by atoms with Gasteiger partial charge in [0.15, 0.2) is 6.61 Å². The summed E-state index contributed by atoms with van der Waals surface area (Å²) >= 11 is 0. The smallest absolute Gasteiger partial charge is 0.321 e. The van der Waals surface area contributed by atoms with Gasteiger partial charge in [-0.25, -0.2) is 8.42 Å². The van der Waals surface area contributed by atoms with Gasteiger partial charge in [0.25, 0.3) is 5.89 Å². The number of carbonyl (C=O) groups is 1. The van der Waals surface area contributed by atoms with E-state index in [9.17, 15) is 13.2 Å². The predicted octanol–water partition coefficient (Wildman–Crippen LogP) is 2.72. The maximum atomic E-state index is 12.5. The highest BCUT2D eigenvalue weighted by Crippen LogP contribution is 2.19. The fourth-order valence-corrected chi connectivity index (χ4v) is 3.67. The second-order valence-electron chi connectivity index (χ2n) is 6.61. The van der Waals surface area contributed by atoms with E-state index >= 15 is 0 Å². The molecule has 0 unspecified atom stereocenters. The van der Waals surface area contributed by atoms with Crippen LogP contribution in [0.3, 0.4) is 0 Å². The number of aryl methyl sites for hydroxylation is 2. The highest BCUT2D eigenvalue weighted by atomic mass is 32.2. The maximum absolute atomic E-state index is 12.5. The van der Waals surface area contributed by atoms with Crippen molar-refractivity contribution in [1.29, 1.82) is 0 Å². The molecule has 152 valence electrons. The molecule has 8 nitrogen and oxygen atoms in total. The number of hydrogen-bond donors (Lipinski definition) is 0. The van der Waals surface area contributed by atoms with Crippen molar-refractivity contribution >= 4 is 16.0 Å². The Balaban J connectivity index is 1.58. The van der Waals surface area contributed by atoms with Gasteiger partial charge >= 0.3 is 5.97 Å². The summed E-state index contributed by atoms with van der Waals surface area (Å²) in [5.41, 5.74) is 2.75. The highest BCUT2D eigenvalue weighted by molar-refractivity contribution is 7.89. The number of benzene rings is 2. The number of hydrogen-bond acceptors (Lipinski definition) is 7. The molecule has 0 N–H and O–H groups in total. The van der Waals surface area contributed by atoms with E-state index in [4.69, 9.17) is 9.15 Å². The Bertz CT molecular complexity index is 1110. The van der Waals surface area contributed by atoms with E-state index < -0.39 is 22.5 Å². The summed E-state index contributed by atoms with van der Waals surface area (Å²) in [6.07, 6.45) is 0. The molecule has 0 fully saturated rings. The van der Waals surface area contributed by atoms with Crippen LogP contribution in [0.2, 0.25) is 0 Å². The summed E-state index contributed by atoms with van der Waals surface area (Å²) in [6.45, 7) is 3.13. The highest BCUT2D eigenvalue weighted by Gasteiger charge is 2.23. The molecule has 3 rings (SSSR count). The number of sulfonamides is 1. The van der Waals surface area contributed by atoms with Crippen LogP contribution in [0.15, 0.2) is 57.8 Å². The molecule has 9 heteroatoms. The number of esters is 1. The van der Waals surface area contributed by atoms with E-state index in [2.05, 4.69) is 10.2 Å². The first-order valence-electron chi connectivity index (χ1n) is 8.84. The largest absolute Gasteiger partial charge is 0.455 e. The molecule has 3 aromatic rings. The quantitative estimate of drug-likeness (QED) is 0.547. The van der Waals surface area contributed by atoms with Crippen LogP contribution in [0.5, 0.6) is 0 Å². The molecule has 29 heavy (non-hydrogen) atoms. The topological polar surface area (TPSA) is 103 Å². The van der Waals surface area contributed by atoms with Crippen molar-refractivity contribution in [3.63, 3.8) is 0 Å². The molecule has 1 heterocycles. The summed E-state index contributed by atoms with van der Waals surface area (Å²) in [7, 11) is -2.47. The van der Waals surface area contributed by atoms with Crippen LogP contribution < -0.4 is 0 Å². The fraction of sp³-hybridized carbons (Fsp3) is 0.250. The SMILES string of the molecule is Cc1ccc(S(=O)(=O)N(C)CC(=O)OCc2nnc(-c3cccc(C)c3)o2)cc1. The Kier molecular flexibility index (Phi) is 6.09. The van der Waals surface area contributed by atoms with E-state index in [1.165, 1.54) is 19.2 Å². The lowest BCUT2D eigenvalue weighted by Crippen LogP contribution is -2.33. The first-order valence-corrected chi connectivity index (χ1v) is 10.3. The van der Waals surface area contributed by atoms with Crippen LogP contribution in [-0.4, -0.2) is 42.5 Å². The Morgan fingerprint density at radius 3 is 2.48 bits per heavy atom. The minimum atomic E-state index is -3.79. The van der Waals surface area contributed by atoms with Crippen molar-refractivity contribution in [2.45, 2.75) is 25.3 Å². The molecule has 0 aliphatic rings. The molecule has 0 aliphatic heterocycles. The molecular weight excluding hydrogens is 394 g/mol. The second-order valence-corrected chi connectivity index (χ2v) is 8.65. The van der Waals surface area contributed by atoms with E-state index in [-0.39, 0.29) is 17.4 Å². The van der Waals surface area contributed by atoms with E-state index in [0.29, 0.717) is 5.89 Å². The zero-order valence-electron chi connectivity index (χ0n) is 16.3. The second kappa shape index (κ2) is 8.54. The Morgan fingerprint density at radius 1 is 1.07 bits per heavy atom. The number of likely N-dealkylation sites (N-methyl/N-ethyl adjacent to an activating group) is 1. The van der Waals surface area contributed by atoms with Gasteiger partial charge in [-0.1, -0.05) is 35.4 Å². The Hall–Kier alpha value is -3.04. The minimum absolute atomic E-state index is 0.109. The van der Waals surface area contributed by atoms with Crippen molar-refractivity contribution in [3.8, 4) is 11.5 Å². The van der Waals surface area contributed by atoms with Gasteiger partial charge in [-0.05, 0) is 38.1 Å².